The highest BCUT2D eigenvalue weighted by Gasteiger charge is 2.34. The number of allylic oxidation sites excluding steroid dienone is 4. The van der Waals surface area contributed by atoms with Crippen molar-refractivity contribution in [2.75, 3.05) is 0 Å². The van der Waals surface area contributed by atoms with Crippen LogP contribution in [0.5, 0.6) is 0 Å². The topological polar surface area (TPSA) is 28.4 Å². The third-order valence-corrected chi connectivity index (χ3v) is 5.62. The van der Waals surface area contributed by atoms with Crippen molar-refractivity contribution in [3.63, 3.8) is 0 Å². The van der Waals surface area contributed by atoms with Gasteiger partial charge in [-0.3, -0.25) is 4.42 Å². The van der Waals surface area contributed by atoms with Gasteiger partial charge in [-0.05, 0) is 61.8 Å². The van der Waals surface area contributed by atoms with Gasteiger partial charge in [-0.2, -0.15) is 0 Å². The van der Waals surface area contributed by atoms with Crippen molar-refractivity contribution in [1.82, 2.24) is 0 Å². The van der Waals surface area contributed by atoms with Gasteiger partial charge in [0.15, 0.2) is 0 Å². The molecule has 1 aromatic carbocycles. The van der Waals surface area contributed by atoms with E-state index in [4.69, 9.17) is 4.42 Å². The Morgan fingerprint density at radius 2 is 1.58 bits per heavy atom. The zero-order valence-corrected chi connectivity index (χ0v) is 14.2. The van der Waals surface area contributed by atoms with Crippen molar-refractivity contribution in [3.05, 3.63) is 53.1 Å². The molecule has 0 aromatic heterocycles. The van der Waals surface area contributed by atoms with Gasteiger partial charge in [0.25, 0.3) is 5.78 Å². The van der Waals surface area contributed by atoms with Crippen molar-refractivity contribution in [3.8, 4) is 0 Å². The number of ketones is 1. The fraction of sp³-hybridized carbons (Fsp3) is 0.455. The molecule has 0 bridgehead atoms. The van der Waals surface area contributed by atoms with E-state index in [1.807, 2.05) is 12.1 Å². The van der Waals surface area contributed by atoms with E-state index in [0.717, 1.165) is 37.0 Å². The van der Waals surface area contributed by atoms with Crippen LogP contribution in [0.1, 0.15) is 73.3 Å². The maximum atomic E-state index is 12.4. The molecule has 24 heavy (non-hydrogen) atoms. The maximum absolute atomic E-state index is 12.4. The summed E-state index contributed by atoms with van der Waals surface area (Å²) in [5.74, 6) is 0.773. The van der Waals surface area contributed by atoms with Crippen LogP contribution >= 0.6 is 0 Å². The van der Waals surface area contributed by atoms with E-state index < -0.39 is 0 Å². The zero-order valence-electron chi connectivity index (χ0n) is 14.2. The summed E-state index contributed by atoms with van der Waals surface area (Å²) in [6.45, 7) is 0. The van der Waals surface area contributed by atoms with Gasteiger partial charge in [-0.25, -0.2) is 0 Å². The van der Waals surface area contributed by atoms with Crippen molar-refractivity contribution >= 4 is 17.3 Å². The van der Waals surface area contributed by atoms with E-state index in [-0.39, 0.29) is 11.9 Å². The Hall–Kier alpha value is -1.96. The minimum absolute atomic E-state index is 0.0456. The largest absolute Gasteiger partial charge is 0.583 e. The molecule has 0 atom stereocenters. The average Bonchev–Trinajstić information content (AvgIpc) is 3.17. The Morgan fingerprint density at radius 1 is 0.875 bits per heavy atom. The fourth-order valence-electron chi connectivity index (χ4n) is 4.27. The normalized spacial score (nSPS) is 22.9. The Morgan fingerprint density at radius 3 is 2.33 bits per heavy atom. The summed E-state index contributed by atoms with van der Waals surface area (Å²) in [6.07, 6.45) is 14.8. The Labute approximate surface area is 144 Å². The highest BCUT2D eigenvalue weighted by atomic mass is 16.5. The molecule has 0 aliphatic heterocycles. The van der Waals surface area contributed by atoms with Crippen LogP contribution in [0.25, 0.3) is 5.57 Å². The predicted molar refractivity (Wildman–Crippen MR) is 96.9 cm³/mol. The first-order valence-electron chi connectivity index (χ1n) is 9.41. The first-order chi connectivity index (χ1) is 11.8. The van der Waals surface area contributed by atoms with Crippen molar-refractivity contribution in [1.29, 1.82) is 0 Å². The van der Waals surface area contributed by atoms with E-state index in [2.05, 4.69) is 24.3 Å². The molecule has 0 amide bonds. The molecule has 3 aliphatic carbocycles. The molecule has 4 rings (SSSR count). The molecule has 0 heterocycles. The molecule has 2 heteroatoms. The summed E-state index contributed by atoms with van der Waals surface area (Å²) in [6, 6.07) is 8.36. The van der Waals surface area contributed by atoms with Gasteiger partial charge in [0.05, 0.1) is 5.56 Å². The second-order valence-electron chi connectivity index (χ2n) is 7.22. The van der Waals surface area contributed by atoms with Crippen LogP contribution in [0.15, 0.2) is 42.0 Å². The first-order valence-corrected chi connectivity index (χ1v) is 9.41. The molecule has 0 N–H and O–H groups in total. The van der Waals surface area contributed by atoms with E-state index >= 15 is 0 Å². The van der Waals surface area contributed by atoms with Crippen LogP contribution in [0.3, 0.4) is 0 Å². The van der Waals surface area contributed by atoms with Crippen LogP contribution in [0, 0.1) is 5.92 Å². The fourth-order valence-corrected chi connectivity index (χ4v) is 4.27. The predicted octanol–water partition coefficient (Wildman–Crippen LogP) is 5.41. The number of fused-ring (bicyclic) bond motifs is 1. The summed E-state index contributed by atoms with van der Waals surface area (Å²) in [5.41, 5.74) is 5.21. The Kier molecular flexibility index (Phi) is 4.46. The number of hydrogen-bond donors (Lipinski definition) is 0. The lowest BCUT2D eigenvalue weighted by molar-refractivity contribution is -0.250. The number of carbonyl (C=O) groups excluding carboxylic acids is 2. The van der Waals surface area contributed by atoms with E-state index in [1.54, 1.807) is 5.57 Å². The molecule has 0 spiro atoms. The van der Waals surface area contributed by atoms with Crippen molar-refractivity contribution < 1.29 is 9.22 Å². The van der Waals surface area contributed by atoms with Gasteiger partial charge in [0.1, 0.15) is 5.92 Å². The molecule has 1 aromatic rings. The lowest BCUT2D eigenvalue weighted by Crippen LogP contribution is -2.15. The maximum Gasteiger partial charge on any atom is 0.583 e. The van der Waals surface area contributed by atoms with E-state index in [9.17, 15) is 4.79 Å². The number of benzene rings is 1. The van der Waals surface area contributed by atoms with Gasteiger partial charge in [0, 0.05) is 10.9 Å². The number of hydrogen-bond acceptors (Lipinski definition) is 1. The molecule has 2 nitrogen and oxygen atoms in total. The highest BCUT2D eigenvalue weighted by molar-refractivity contribution is 6.14. The van der Waals surface area contributed by atoms with Gasteiger partial charge < -0.3 is 0 Å². The van der Waals surface area contributed by atoms with Crippen molar-refractivity contribution in [2.45, 2.75) is 57.8 Å². The van der Waals surface area contributed by atoms with Crippen molar-refractivity contribution in [2.24, 2.45) is 5.92 Å². The average molecular weight is 321 g/mol. The minimum Gasteiger partial charge on any atom is -0.271 e. The first kappa shape index (κ1) is 15.6. The molecule has 0 saturated heterocycles. The molecule has 0 radical (unpaired) electrons. The molecule has 2 saturated carbocycles. The van der Waals surface area contributed by atoms with Gasteiger partial charge in [-0.15, -0.1) is 0 Å². The third kappa shape index (κ3) is 3.02. The molecular formula is C22H25O2+. The summed E-state index contributed by atoms with van der Waals surface area (Å²) in [7, 11) is 0. The monoisotopic (exact) mass is 321 g/mol. The summed E-state index contributed by atoms with van der Waals surface area (Å²) < 4.78 is 5.81. The van der Waals surface area contributed by atoms with Crippen LogP contribution in [-0.2, 0) is 4.79 Å². The second kappa shape index (κ2) is 6.88. The summed E-state index contributed by atoms with van der Waals surface area (Å²) in [5, 5.41) is 0. The van der Waals surface area contributed by atoms with E-state index in [1.165, 1.54) is 43.2 Å². The number of carbonyl (C=O) groups is 1. The van der Waals surface area contributed by atoms with Crippen LogP contribution in [-0.4, -0.2) is 11.8 Å². The minimum atomic E-state index is -0.0456. The van der Waals surface area contributed by atoms with Crippen LogP contribution in [0.2, 0.25) is 0 Å². The standard InChI is InChI=1S/C22H25O2/c23-22(17-10-4-5-11-17)24-21-15-14-18(16-8-2-1-3-9-16)19-12-6-7-13-20(19)21/h6-7,12-15,17H,1-5,8-11H2/q+1. The molecule has 3 aliphatic rings. The van der Waals surface area contributed by atoms with Gasteiger partial charge >= 0.3 is 5.97 Å². The third-order valence-electron chi connectivity index (χ3n) is 5.62. The zero-order chi connectivity index (χ0) is 16.4. The molecule has 124 valence electrons. The SMILES string of the molecule is O=C([O+]=C1C=CC(=C2CCCCC2)c2ccccc21)C1CCCC1. The quantitative estimate of drug-likeness (QED) is 0.636. The summed E-state index contributed by atoms with van der Waals surface area (Å²) in [4.78, 5) is 12.4. The summed E-state index contributed by atoms with van der Waals surface area (Å²) >= 11 is 0. The molecule has 0 unspecified atom stereocenters. The lowest BCUT2D eigenvalue weighted by atomic mass is 9.83. The Balaban J connectivity index is 1.71. The lowest BCUT2D eigenvalue weighted by Gasteiger charge is -2.21. The Bertz CT molecular complexity index is 722. The van der Waals surface area contributed by atoms with E-state index in [0.29, 0.717) is 0 Å². The number of rotatable bonds is 1. The molecule has 2 fully saturated rings. The highest BCUT2D eigenvalue weighted by Crippen LogP contribution is 2.35. The van der Waals surface area contributed by atoms with Gasteiger partial charge in [-0.1, -0.05) is 43.0 Å². The molecular weight excluding hydrogens is 296 g/mol. The van der Waals surface area contributed by atoms with Crippen LogP contribution in [0.4, 0.5) is 0 Å². The van der Waals surface area contributed by atoms with Gasteiger partial charge in [0.2, 0.25) is 0 Å². The second-order valence-corrected chi connectivity index (χ2v) is 7.22. The smallest absolute Gasteiger partial charge is 0.271 e. The van der Waals surface area contributed by atoms with Crippen LogP contribution < -0.4 is 0 Å².